The van der Waals surface area contributed by atoms with Crippen LogP contribution < -0.4 is 4.43 Å². The smallest absolute Gasteiger partial charge is 0.250 e. The monoisotopic (exact) mass is 396 g/mol. The highest BCUT2D eigenvalue weighted by Gasteiger charge is 2.38. The number of aliphatic hydroxyl groups excluding tert-OH is 1. The Labute approximate surface area is 169 Å². The number of benzene rings is 2. The van der Waals surface area contributed by atoms with Crippen LogP contribution in [0.5, 0.6) is 5.75 Å². The first kappa shape index (κ1) is 20.6. The number of aliphatic hydroxyl groups is 1. The first-order valence-electron chi connectivity index (χ1n) is 9.95. The number of hydrogen-bond acceptors (Lipinski definition) is 3. The molecule has 0 fully saturated rings. The highest BCUT2D eigenvalue weighted by atomic mass is 28.4. The van der Waals surface area contributed by atoms with E-state index in [4.69, 9.17) is 4.43 Å². The zero-order chi connectivity index (χ0) is 20.5. The second-order valence-corrected chi connectivity index (χ2v) is 14.1. The largest absolute Gasteiger partial charge is 0.543 e. The number of rotatable bonds is 6. The van der Waals surface area contributed by atoms with E-state index in [2.05, 4.69) is 87.2 Å². The van der Waals surface area contributed by atoms with Crippen molar-refractivity contribution in [2.45, 2.75) is 58.4 Å². The molecule has 2 atom stereocenters. The molecule has 5 heteroatoms. The predicted octanol–water partition coefficient (Wildman–Crippen LogP) is 5.86. The van der Waals surface area contributed by atoms with Crippen LogP contribution in [0, 0.1) is 5.92 Å². The van der Waals surface area contributed by atoms with Gasteiger partial charge in [0.15, 0.2) is 0 Å². The van der Waals surface area contributed by atoms with Crippen LogP contribution in [-0.4, -0.2) is 23.4 Å². The molecule has 1 heterocycles. The summed E-state index contributed by atoms with van der Waals surface area (Å²) in [6.45, 7) is 13.4. The van der Waals surface area contributed by atoms with E-state index in [0.29, 0.717) is 0 Å². The maximum Gasteiger partial charge on any atom is 0.250 e. The topological polar surface area (TPSA) is 58.1 Å². The van der Waals surface area contributed by atoms with Gasteiger partial charge in [0.1, 0.15) is 5.75 Å². The van der Waals surface area contributed by atoms with Crippen molar-refractivity contribution in [1.82, 2.24) is 9.97 Å². The summed E-state index contributed by atoms with van der Waals surface area (Å²) >= 11 is 0. The molecule has 0 spiro atoms. The molecule has 28 heavy (non-hydrogen) atoms. The van der Waals surface area contributed by atoms with Crippen molar-refractivity contribution >= 4 is 19.1 Å². The van der Waals surface area contributed by atoms with E-state index in [9.17, 15) is 5.11 Å². The predicted molar refractivity (Wildman–Crippen MR) is 118 cm³/mol. The van der Waals surface area contributed by atoms with Gasteiger partial charge in [-0.1, -0.05) is 52.0 Å². The van der Waals surface area contributed by atoms with Crippen molar-refractivity contribution in [2.24, 2.45) is 5.92 Å². The van der Waals surface area contributed by atoms with E-state index in [1.54, 1.807) is 12.5 Å². The molecule has 4 nitrogen and oxygen atoms in total. The second kappa shape index (κ2) is 7.72. The number of hydrogen-bond donors (Lipinski definition) is 2. The van der Waals surface area contributed by atoms with Gasteiger partial charge >= 0.3 is 0 Å². The molecule has 0 saturated heterocycles. The van der Waals surface area contributed by atoms with Crippen molar-refractivity contribution < 1.29 is 9.53 Å². The van der Waals surface area contributed by atoms with Gasteiger partial charge in [-0.25, -0.2) is 4.98 Å². The molecular weight excluding hydrogens is 364 g/mol. The van der Waals surface area contributed by atoms with E-state index < -0.39 is 14.4 Å². The van der Waals surface area contributed by atoms with Crippen molar-refractivity contribution in [1.29, 1.82) is 0 Å². The summed E-state index contributed by atoms with van der Waals surface area (Å²) in [5.41, 5.74) is 1.98. The fraction of sp³-hybridized carbons (Fsp3) is 0.435. The fourth-order valence-electron chi connectivity index (χ4n) is 3.13. The van der Waals surface area contributed by atoms with Gasteiger partial charge in [0.25, 0.3) is 0 Å². The third-order valence-corrected chi connectivity index (χ3v) is 10.3. The third-order valence-electron chi connectivity index (χ3n) is 5.99. The van der Waals surface area contributed by atoms with Crippen LogP contribution in [0.3, 0.4) is 0 Å². The highest BCUT2D eigenvalue weighted by Crippen LogP contribution is 2.38. The molecule has 0 bridgehead atoms. The Morgan fingerprint density at radius 2 is 1.79 bits per heavy atom. The highest BCUT2D eigenvalue weighted by molar-refractivity contribution is 6.74. The van der Waals surface area contributed by atoms with Gasteiger partial charge < -0.3 is 14.5 Å². The SMILES string of the molecule is CC(Cc1ccc2cc(O[Si](C)(C)C(C)(C)C)ccc2c1)C(O)c1cnc[nH]1. The molecule has 0 aliphatic carbocycles. The number of imidazole rings is 1. The van der Waals surface area contributed by atoms with Crippen LogP contribution in [0.2, 0.25) is 18.1 Å². The van der Waals surface area contributed by atoms with Crippen LogP contribution in [0.25, 0.3) is 10.8 Å². The second-order valence-electron chi connectivity index (χ2n) is 9.34. The standard InChI is InChI=1S/C23H32N2O2Si/c1-16(22(26)21-14-24-15-25-21)11-17-7-8-19-13-20(10-9-18(19)12-17)27-28(5,6)23(2,3)4/h7-10,12-16,22,26H,11H2,1-6H3,(H,24,25). The lowest BCUT2D eigenvalue weighted by Gasteiger charge is -2.36. The van der Waals surface area contributed by atoms with Gasteiger partial charge in [-0.2, -0.15) is 0 Å². The van der Waals surface area contributed by atoms with Crippen molar-refractivity contribution in [2.75, 3.05) is 0 Å². The summed E-state index contributed by atoms with van der Waals surface area (Å²) in [5.74, 6) is 1.05. The Morgan fingerprint density at radius 3 is 2.43 bits per heavy atom. The lowest BCUT2D eigenvalue weighted by molar-refractivity contribution is 0.114. The number of fused-ring (bicyclic) bond motifs is 1. The van der Waals surface area contributed by atoms with Crippen molar-refractivity contribution in [3.8, 4) is 5.75 Å². The maximum atomic E-state index is 10.5. The minimum Gasteiger partial charge on any atom is -0.543 e. The zero-order valence-electron chi connectivity index (χ0n) is 17.8. The molecule has 2 unspecified atom stereocenters. The molecular formula is C23H32N2O2Si. The van der Waals surface area contributed by atoms with E-state index in [1.165, 1.54) is 16.3 Å². The van der Waals surface area contributed by atoms with Crippen molar-refractivity contribution in [3.05, 3.63) is 60.2 Å². The number of nitrogens with zero attached hydrogens (tertiary/aromatic N) is 1. The minimum atomic E-state index is -1.84. The summed E-state index contributed by atoms with van der Waals surface area (Å²) in [6, 6.07) is 12.9. The average molecular weight is 397 g/mol. The van der Waals surface area contributed by atoms with Crippen LogP contribution in [0.15, 0.2) is 48.9 Å². The van der Waals surface area contributed by atoms with E-state index in [0.717, 1.165) is 17.9 Å². The van der Waals surface area contributed by atoms with Gasteiger partial charge in [0.05, 0.1) is 24.3 Å². The fourth-order valence-corrected chi connectivity index (χ4v) is 4.15. The summed E-state index contributed by atoms with van der Waals surface area (Å²) in [7, 11) is -1.84. The van der Waals surface area contributed by atoms with Gasteiger partial charge in [0.2, 0.25) is 8.32 Å². The molecule has 0 saturated carbocycles. The Kier molecular flexibility index (Phi) is 5.68. The first-order chi connectivity index (χ1) is 13.1. The van der Waals surface area contributed by atoms with Gasteiger partial charge in [-0.15, -0.1) is 0 Å². The van der Waals surface area contributed by atoms with Crippen LogP contribution in [-0.2, 0) is 6.42 Å². The third kappa shape index (κ3) is 4.47. The molecule has 3 aromatic rings. The minimum absolute atomic E-state index is 0.0964. The van der Waals surface area contributed by atoms with Crippen LogP contribution in [0.1, 0.15) is 45.1 Å². The number of H-pyrrole nitrogens is 1. The summed E-state index contributed by atoms with van der Waals surface area (Å²) in [6.07, 6.45) is 3.55. The number of aromatic nitrogens is 2. The summed E-state index contributed by atoms with van der Waals surface area (Å²) in [4.78, 5) is 6.99. The number of nitrogens with one attached hydrogen (secondary N) is 1. The molecule has 0 amide bonds. The Hall–Kier alpha value is -2.11. The summed E-state index contributed by atoms with van der Waals surface area (Å²) < 4.78 is 6.44. The number of aromatic amines is 1. The van der Waals surface area contributed by atoms with Gasteiger partial charge in [-0.3, -0.25) is 0 Å². The molecule has 0 radical (unpaired) electrons. The molecule has 1 aromatic heterocycles. The molecule has 0 aliphatic rings. The lowest BCUT2D eigenvalue weighted by Crippen LogP contribution is -2.43. The van der Waals surface area contributed by atoms with E-state index >= 15 is 0 Å². The van der Waals surface area contributed by atoms with Gasteiger partial charge in [-0.05, 0) is 58.9 Å². The van der Waals surface area contributed by atoms with E-state index in [1.807, 2.05) is 0 Å². The van der Waals surface area contributed by atoms with Crippen LogP contribution in [0.4, 0.5) is 0 Å². The summed E-state index contributed by atoms with van der Waals surface area (Å²) in [5, 5.41) is 13.0. The van der Waals surface area contributed by atoms with Crippen LogP contribution >= 0.6 is 0 Å². The first-order valence-corrected chi connectivity index (χ1v) is 12.9. The Bertz CT molecular complexity index is 929. The van der Waals surface area contributed by atoms with Crippen molar-refractivity contribution in [3.63, 3.8) is 0 Å². The Morgan fingerprint density at radius 1 is 1.11 bits per heavy atom. The maximum absolute atomic E-state index is 10.5. The lowest BCUT2D eigenvalue weighted by atomic mass is 9.93. The molecule has 150 valence electrons. The van der Waals surface area contributed by atoms with E-state index in [-0.39, 0.29) is 11.0 Å². The zero-order valence-corrected chi connectivity index (χ0v) is 18.8. The van der Waals surface area contributed by atoms with Gasteiger partial charge in [0, 0.05) is 0 Å². The average Bonchev–Trinajstić information content (AvgIpc) is 3.14. The quantitative estimate of drug-likeness (QED) is 0.513. The molecule has 2 aromatic carbocycles. The normalized spacial score (nSPS) is 14.8. The molecule has 0 aliphatic heterocycles. The Balaban J connectivity index is 1.76. The molecule has 2 N–H and O–H groups in total. The molecule has 3 rings (SSSR count).